The number of rotatable bonds is 7. The first-order chi connectivity index (χ1) is 11.6. The highest BCUT2D eigenvalue weighted by Crippen LogP contribution is 2.19. The van der Waals surface area contributed by atoms with Gasteiger partial charge in [0.05, 0.1) is 7.11 Å². The van der Waals surface area contributed by atoms with E-state index < -0.39 is 0 Å². The third-order valence-corrected chi connectivity index (χ3v) is 4.50. The van der Waals surface area contributed by atoms with Crippen molar-refractivity contribution in [3.05, 3.63) is 29.3 Å². The van der Waals surface area contributed by atoms with Crippen LogP contribution in [0.3, 0.4) is 0 Å². The van der Waals surface area contributed by atoms with Crippen molar-refractivity contribution in [1.82, 2.24) is 15.5 Å². The summed E-state index contributed by atoms with van der Waals surface area (Å²) in [5.74, 6) is 2.36. The normalized spacial score (nSPS) is 16.2. The van der Waals surface area contributed by atoms with Crippen LogP contribution in [-0.2, 0) is 6.54 Å². The van der Waals surface area contributed by atoms with Gasteiger partial charge in [0.15, 0.2) is 5.96 Å². The lowest BCUT2D eigenvalue weighted by Crippen LogP contribution is -2.41. The van der Waals surface area contributed by atoms with Crippen LogP contribution in [0.1, 0.15) is 30.9 Å². The molecule has 1 fully saturated rings. The SMILES string of the molecule is CN=C(NCc1ccc(C)cc1OC)NCC(C)CN1CCCC1.I. The van der Waals surface area contributed by atoms with E-state index in [-0.39, 0.29) is 24.0 Å². The average molecular weight is 460 g/mol. The number of methoxy groups -OCH3 is 1. The van der Waals surface area contributed by atoms with Gasteiger partial charge in [0.2, 0.25) is 0 Å². The van der Waals surface area contributed by atoms with E-state index >= 15 is 0 Å². The summed E-state index contributed by atoms with van der Waals surface area (Å²) in [5.41, 5.74) is 2.34. The molecule has 1 saturated heterocycles. The van der Waals surface area contributed by atoms with Crippen molar-refractivity contribution in [1.29, 1.82) is 0 Å². The molecule has 1 aliphatic heterocycles. The Morgan fingerprint density at radius 3 is 2.64 bits per heavy atom. The molecular weight excluding hydrogens is 427 g/mol. The van der Waals surface area contributed by atoms with Crippen LogP contribution in [0.15, 0.2) is 23.2 Å². The third-order valence-electron chi connectivity index (χ3n) is 4.50. The lowest BCUT2D eigenvalue weighted by molar-refractivity contribution is 0.287. The highest BCUT2D eigenvalue weighted by molar-refractivity contribution is 14.0. The van der Waals surface area contributed by atoms with Crippen molar-refractivity contribution in [2.75, 3.05) is 40.3 Å². The molecular formula is C19H33IN4O. The van der Waals surface area contributed by atoms with Crippen LogP contribution in [0.2, 0.25) is 0 Å². The summed E-state index contributed by atoms with van der Waals surface area (Å²) in [6, 6.07) is 6.27. The molecule has 6 heteroatoms. The van der Waals surface area contributed by atoms with Gasteiger partial charge in [-0.1, -0.05) is 19.1 Å². The van der Waals surface area contributed by atoms with Crippen LogP contribution >= 0.6 is 24.0 Å². The number of guanidine groups is 1. The van der Waals surface area contributed by atoms with E-state index in [4.69, 9.17) is 4.74 Å². The summed E-state index contributed by atoms with van der Waals surface area (Å²) in [5, 5.41) is 6.81. The minimum Gasteiger partial charge on any atom is -0.496 e. The van der Waals surface area contributed by atoms with Crippen molar-refractivity contribution in [3.8, 4) is 5.75 Å². The molecule has 0 aliphatic carbocycles. The molecule has 0 amide bonds. The van der Waals surface area contributed by atoms with E-state index in [0.717, 1.165) is 30.4 Å². The Morgan fingerprint density at radius 2 is 2.00 bits per heavy atom. The van der Waals surface area contributed by atoms with Crippen molar-refractivity contribution < 1.29 is 4.74 Å². The second-order valence-electron chi connectivity index (χ2n) is 6.73. The molecule has 0 aromatic heterocycles. The Labute approximate surface area is 169 Å². The largest absolute Gasteiger partial charge is 0.496 e. The number of hydrogen-bond donors (Lipinski definition) is 2. The maximum Gasteiger partial charge on any atom is 0.191 e. The molecule has 1 aliphatic rings. The van der Waals surface area contributed by atoms with Gasteiger partial charge >= 0.3 is 0 Å². The molecule has 2 N–H and O–H groups in total. The molecule has 0 saturated carbocycles. The first-order valence-electron chi connectivity index (χ1n) is 8.92. The van der Waals surface area contributed by atoms with Crippen molar-refractivity contribution >= 4 is 29.9 Å². The zero-order valence-corrected chi connectivity index (χ0v) is 18.3. The number of likely N-dealkylation sites (tertiary alicyclic amines) is 1. The first-order valence-corrected chi connectivity index (χ1v) is 8.92. The van der Waals surface area contributed by atoms with Crippen LogP contribution in [0.4, 0.5) is 0 Å². The molecule has 0 radical (unpaired) electrons. The maximum atomic E-state index is 5.46. The molecule has 1 atom stereocenters. The predicted octanol–water partition coefficient (Wildman–Crippen LogP) is 3.02. The van der Waals surface area contributed by atoms with E-state index in [1.807, 2.05) is 7.05 Å². The van der Waals surface area contributed by atoms with Crippen molar-refractivity contribution in [2.24, 2.45) is 10.9 Å². The maximum absolute atomic E-state index is 5.46. The summed E-state index contributed by atoms with van der Waals surface area (Å²) in [6.45, 7) is 9.67. The van der Waals surface area contributed by atoms with Gasteiger partial charge in [0.25, 0.3) is 0 Å². The number of aliphatic imine (C=N–C) groups is 1. The van der Waals surface area contributed by atoms with E-state index in [9.17, 15) is 0 Å². The smallest absolute Gasteiger partial charge is 0.191 e. The third kappa shape index (κ3) is 7.40. The summed E-state index contributed by atoms with van der Waals surface area (Å²) in [4.78, 5) is 6.88. The standard InChI is InChI=1S/C19H32N4O.HI/c1-15-7-8-17(18(11-15)24-4)13-22-19(20-3)21-12-16(2)14-23-9-5-6-10-23;/h7-8,11,16H,5-6,9-10,12-14H2,1-4H3,(H2,20,21,22);1H. The fourth-order valence-corrected chi connectivity index (χ4v) is 3.14. The predicted molar refractivity (Wildman–Crippen MR) is 116 cm³/mol. The number of ether oxygens (including phenoxy) is 1. The first kappa shape index (κ1) is 22.0. The highest BCUT2D eigenvalue weighted by Gasteiger charge is 2.14. The molecule has 142 valence electrons. The number of aryl methyl sites for hydroxylation is 1. The van der Waals surface area contributed by atoms with Gasteiger partial charge in [0, 0.05) is 32.2 Å². The van der Waals surface area contributed by atoms with Crippen LogP contribution in [0, 0.1) is 12.8 Å². The molecule has 1 aromatic rings. The van der Waals surface area contributed by atoms with Gasteiger partial charge in [0.1, 0.15) is 5.75 Å². The molecule has 5 nitrogen and oxygen atoms in total. The van der Waals surface area contributed by atoms with Crippen LogP contribution in [0.25, 0.3) is 0 Å². The zero-order chi connectivity index (χ0) is 17.4. The van der Waals surface area contributed by atoms with Crippen LogP contribution < -0.4 is 15.4 Å². The highest BCUT2D eigenvalue weighted by atomic mass is 127. The fraction of sp³-hybridized carbons (Fsp3) is 0.632. The zero-order valence-electron chi connectivity index (χ0n) is 16.0. The number of benzene rings is 1. The van der Waals surface area contributed by atoms with Gasteiger partial charge < -0.3 is 20.3 Å². The average Bonchev–Trinajstić information content (AvgIpc) is 3.08. The van der Waals surface area contributed by atoms with Gasteiger partial charge in [-0.3, -0.25) is 4.99 Å². The van der Waals surface area contributed by atoms with Crippen LogP contribution in [0.5, 0.6) is 5.75 Å². The van der Waals surface area contributed by atoms with Crippen molar-refractivity contribution in [2.45, 2.75) is 33.2 Å². The number of halogens is 1. The minimum atomic E-state index is 0. The molecule has 1 unspecified atom stereocenters. The van der Waals surface area contributed by atoms with Gasteiger partial charge in [-0.05, 0) is 50.4 Å². The number of hydrogen-bond acceptors (Lipinski definition) is 3. The lowest BCUT2D eigenvalue weighted by Gasteiger charge is -2.21. The monoisotopic (exact) mass is 460 g/mol. The molecule has 2 rings (SSSR count). The van der Waals surface area contributed by atoms with E-state index in [0.29, 0.717) is 12.5 Å². The Morgan fingerprint density at radius 1 is 1.28 bits per heavy atom. The Balaban J connectivity index is 0.00000312. The van der Waals surface area contributed by atoms with E-state index in [1.165, 1.54) is 31.5 Å². The second-order valence-corrected chi connectivity index (χ2v) is 6.73. The number of nitrogens with one attached hydrogen (secondary N) is 2. The van der Waals surface area contributed by atoms with Gasteiger partial charge in [-0.2, -0.15) is 0 Å². The van der Waals surface area contributed by atoms with E-state index in [2.05, 4.69) is 52.6 Å². The van der Waals surface area contributed by atoms with Gasteiger partial charge in [-0.25, -0.2) is 0 Å². The minimum absolute atomic E-state index is 0. The van der Waals surface area contributed by atoms with Gasteiger partial charge in [-0.15, -0.1) is 24.0 Å². The molecule has 25 heavy (non-hydrogen) atoms. The molecule has 0 bridgehead atoms. The summed E-state index contributed by atoms with van der Waals surface area (Å²) >= 11 is 0. The Hall–Kier alpha value is -1.02. The summed E-state index contributed by atoms with van der Waals surface area (Å²) < 4.78 is 5.46. The molecule has 0 spiro atoms. The summed E-state index contributed by atoms with van der Waals surface area (Å²) in [7, 11) is 3.53. The number of nitrogens with zero attached hydrogens (tertiary/aromatic N) is 2. The van der Waals surface area contributed by atoms with E-state index in [1.54, 1.807) is 7.11 Å². The fourth-order valence-electron chi connectivity index (χ4n) is 3.14. The lowest BCUT2D eigenvalue weighted by atomic mass is 10.1. The quantitative estimate of drug-likeness (QED) is 0.373. The summed E-state index contributed by atoms with van der Waals surface area (Å²) in [6.07, 6.45) is 2.70. The Kier molecular flexibility index (Phi) is 10.2. The van der Waals surface area contributed by atoms with Crippen molar-refractivity contribution in [3.63, 3.8) is 0 Å². The molecule has 1 aromatic carbocycles. The second kappa shape index (κ2) is 11.6. The Bertz CT molecular complexity index is 544. The molecule has 1 heterocycles. The topological polar surface area (TPSA) is 48.9 Å². The van der Waals surface area contributed by atoms with Crippen LogP contribution in [-0.4, -0.2) is 51.2 Å².